The third-order valence-electron chi connectivity index (χ3n) is 16.7. The Bertz CT molecular complexity index is 2040. The summed E-state index contributed by atoms with van der Waals surface area (Å²) in [5.41, 5.74) is 18.3. The molecule has 13 unspecified atom stereocenters. The highest BCUT2D eigenvalue weighted by Crippen LogP contribution is 2.52. The van der Waals surface area contributed by atoms with Crippen molar-refractivity contribution in [3.05, 3.63) is 69.9 Å². The Balaban J connectivity index is 0.853. The molecule has 1 aromatic carbocycles. The van der Waals surface area contributed by atoms with Crippen molar-refractivity contribution in [1.29, 1.82) is 0 Å². The number of phenolic OH excluding ortho intramolecular Hbond substituents is 1. The van der Waals surface area contributed by atoms with Gasteiger partial charge < -0.3 is 56.7 Å². The number of furan rings is 1. The molecular weight excluding hydrogens is 869 g/mol. The maximum Gasteiger partial charge on any atom is 0.188 e. The highest BCUT2D eigenvalue weighted by atomic mass is 33.1. The van der Waals surface area contributed by atoms with Crippen LogP contribution in [-0.4, -0.2) is 87.8 Å². The maximum absolute atomic E-state index is 11.4. The van der Waals surface area contributed by atoms with Crippen LogP contribution in [0.25, 0.3) is 0 Å². The lowest BCUT2D eigenvalue weighted by atomic mass is 9.62. The molecule has 14 heteroatoms. The van der Waals surface area contributed by atoms with Gasteiger partial charge in [-0.3, -0.25) is 4.99 Å². The number of aliphatic hydroxyl groups is 3. The van der Waals surface area contributed by atoms with Crippen LogP contribution in [0, 0.1) is 47.3 Å². The van der Waals surface area contributed by atoms with Gasteiger partial charge >= 0.3 is 0 Å². The molecule has 4 bridgehead atoms. The Hall–Kier alpha value is -2.85. The molecule has 66 heavy (non-hydrogen) atoms. The summed E-state index contributed by atoms with van der Waals surface area (Å²) in [6.45, 7) is 5.53. The number of nitrogens with one attached hydrogen (secondary N) is 3. The number of aromatic hydroxyl groups is 1. The number of fused-ring (bicyclic) bond motifs is 2. The number of H-pyrrole nitrogens is 1. The molecule has 3 aromatic rings. The molecule has 13 atom stereocenters. The molecule has 366 valence electrons. The Morgan fingerprint density at radius 3 is 2.61 bits per heavy atom. The molecule has 1 saturated heterocycles. The summed E-state index contributed by atoms with van der Waals surface area (Å²) in [6, 6.07) is 10.1. The number of aromatic nitrogens is 1. The van der Waals surface area contributed by atoms with Gasteiger partial charge in [0.1, 0.15) is 24.2 Å². The van der Waals surface area contributed by atoms with E-state index in [4.69, 9.17) is 20.6 Å². The third kappa shape index (κ3) is 12.1. The largest absolute Gasteiger partial charge is 0.504 e. The van der Waals surface area contributed by atoms with Crippen molar-refractivity contribution in [2.45, 2.75) is 147 Å². The Morgan fingerprint density at radius 1 is 0.955 bits per heavy atom. The number of benzene rings is 1. The molecule has 4 aliphatic carbocycles. The highest BCUT2D eigenvalue weighted by molar-refractivity contribution is 8.76. The first kappa shape index (κ1) is 49.6. The minimum Gasteiger partial charge on any atom is -0.504 e. The predicted molar refractivity (Wildman–Crippen MR) is 268 cm³/mol. The van der Waals surface area contributed by atoms with E-state index >= 15 is 0 Å². The molecule has 0 amide bonds. The maximum atomic E-state index is 11.4. The van der Waals surface area contributed by atoms with Crippen LogP contribution in [0.1, 0.15) is 136 Å². The van der Waals surface area contributed by atoms with Gasteiger partial charge in [0.2, 0.25) is 0 Å². The summed E-state index contributed by atoms with van der Waals surface area (Å²) >= 11 is 0. The van der Waals surface area contributed by atoms with Crippen LogP contribution in [0.3, 0.4) is 0 Å². The van der Waals surface area contributed by atoms with Gasteiger partial charge in [0.05, 0.1) is 12.7 Å². The number of aliphatic hydroxyl groups excluding tert-OH is 3. The SMILES string of the molecule is CN=C(N)NC1CSSCC2C(N)CC3CC(CCc4oc(CCc5ccc(O)c(OCC(O)c6cc7c([nH]6)CCC6CCCC6C7CNCC(C)O)c5)cc4CO)CCC2C3CCC1C. The number of hydrogen-bond acceptors (Lipinski definition) is 11. The normalized spacial score (nSPS) is 31.4. The summed E-state index contributed by atoms with van der Waals surface area (Å²) in [4.78, 5) is 7.75. The smallest absolute Gasteiger partial charge is 0.188 e. The van der Waals surface area contributed by atoms with Crippen LogP contribution >= 0.6 is 21.6 Å². The number of aromatic amines is 1. The number of nitrogens with zero attached hydrogens (tertiary/aromatic N) is 1. The second-order valence-corrected chi connectivity index (χ2v) is 23.5. The number of ether oxygens (including phenoxy) is 1. The van der Waals surface area contributed by atoms with Crippen molar-refractivity contribution in [3.63, 3.8) is 0 Å². The van der Waals surface area contributed by atoms with E-state index in [2.05, 4.69) is 33.6 Å². The summed E-state index contributed by atoms with van der Waals surface area (Å²) in [7, 11) is 5.71. The van der Waals surface area contributed by atoms with Gasteiger partial charge in [0, 0.05) is 79.4 Å². The number of hydrogen-bond donors (Lipinski definition) is 9. The second kappa shape index (κ2) is 23.2. The van der Waals surface area contributed by atoms with Gasteiger partial charge in [0.15, 0.2) is 17.5 Å². The number of phenols is 1. The summed E-state index contributed by atoms with van der Waals surface area (Å²) in [6.07, 6.45) is 15.1. The first-order chi connectivity index (χ1) is 32.0. The molecule has 0 radical (unpaired) electrons. The summed E-state index contributed by atoms with van der Waals surface area (Å²) in [5.74, 6) is 10.2. The van der Waals surface area contributed by atoms with Crippen molar-refractivity contribution < 1.29 is 29.6 Å². The molecule has 3 saturated carbocycles. The lowest BCUT2D eigenvalue weighted by Gasteiger charge is -2.46. The lowest BCUT2D eigenvalue weighted by molar-refractivity contribution is 0.0714. The predicted octanol–water partition coefficient (Wildman–Crippen LogP) is 7.76. The molecule has 1 aliphatic heterocycles. The summed E-state index contributed by atoms with van der Waals surface area (Å²) in [5, 5.41) is 49.5. The van der Waals surface area contributed by atoms with Crippen LogP contribution in [0.5, 0.6) is 11.5 Å². The number of rotatable bonds is 16. The van der Waals surface area contributed by atoms with Gasteiger partial charge in [-0.15, -0.1) is 0 Å². The standard InChI is InChI=1S/C52H80N6O6S2/c1-30-7-14-39-35-19-32(9-15-40(39)43(44(53)22-35)28-65-66-29-47(30)58-52(54)55-3)11-18-50-36(26-59)21-37(64-50)13-8-33-10-17-48(61)51(20-33)63-27-49(62)46-23-41-42(25-56-24-31(2)60)38-6-4-5-34(38)12-16-45(41)57-46/h10,17,20-21,23,30-32,34-35,38-40,42-44,47,49,56-57,59-62H,4-9,11-16,18-19,22,24-29,53H2,1-3H3,(H3,54,55,58). The average molecular weight is 949 g/mol. The van der Waals surface area contributed by atoms with Crippen LogP contribution in [0.2, 0.25) is 0 Å². The third-order valence-corrected chi connectivity index (χ3v) is 19.2. The highest BCUT2D eigenvalue weighted by Gasteiger charge is 2.46. The quantitative estimate of drug-likeness (QED) is 0.0384. The zero-order chi connectivity index (χ0) is 46.3. The first-order valence-electron chi connectivity index (χ1n) is 25.4. The van der Waals surface area contributed by atoms with E-state index in [1.54, 1.807) is 13.1 Å². The van der Waals surface area contributed by atoms with Crippen molar-refractivity contribution in [2.75, 3.05) is 38.2 Å². The van der Waals surface area contributed by atoms with Gasteiger partial charge in [-0.05, 0) is 154 Å². The fourth-order valence-corrected chi connectivity index (χ4v) is 15.9. The van der Waals surface area contributed by atoms with Crippen molar-refractivity contribution >= 4 is 27.5 Å². The number of guanidine groups is 1. The van der Waals surface area contributed by atoms with E-state index in [1.165, 1.54) is 62.6 Å². The lowest BCUT2D eigenvalue weighted by Crippen LogP contribution is -2.48. The van der Waals surface area contributed by atoms with E-state index in [0.29, 0.717) is 84.5 Å². The number of nitrogens with two attached hydrogens (primary N) is 2. The van der Waals surface area contributed by atoms with Crippen LogP contribution in [0.4, 0.5) is 0 Å². The van der Waals surface area contributed by atoms with E-state index < -0.39 is 12.2 Å². The minimum atomic E-state index is -0.883. The zero-order valence-electron chi connectivity index (χ0n) is 39.8. The zero-order valence-corrected chi connectivity index (χ0v) is 41.4. The van der Waals surface area contributed by atoms with Crippen LogP contribution < -0.4 is 26.8 Å². The second-order valence-electron chi connectivity index (χ2n) is 21.0. The van der Waals surface area contributed by atoms with Crippen LogP contribution in [0.15, 0.2) is 39.7 Å². The van der Waals surface area contributed by atoms with Crippen molar-refractivity contribution in [3.8, 4) is 11.5 Å². The van der Waals surface area contributed by atoms with E-state index in [9.17, 15) is 20.4 Å². The van der Waals surface area contributed by atoms with Gasteiger partial charge in [0.25, 0.3) is 0 Å². The number of aryl methyl sites for hydroxylation is 4. The van der Waals surface area contributed by atoms with Crippen molar-refractivity contribution in [2.24, 2.45) is 63.8 Å². The van der Waals surface area contributed by atoms with Gasteiger partial charge in [-0.2, -0.15) is 0 Å². The topological polar surface area (TPSA) is 208 Å². The molecule has 8 rings (SSSR count). The van der Waals surface area contributed by atoms with E-state index in [0.717, 1.165) is 84.4 Å². The number of aliphatic imine (C=N–C) groups is 1. The Morgan fingerprint density at radius 2 is 1.79 bits per heavy atom. The molecule has 5 aliphatic rings. The fourth-order valence-electron chi connectivity index (χ4n) is 13.0. The molecule has 0 spiro atoms. The van der Waals surface area contributed by atoms with Crippen LogP contribution in [-0.2, 0) is 32.3 Å². The van der Waals surface area contributed by atoms with Gasteiger partial charge in [-0.1, -0.05) is 53.8 Å². The Kier molecular flexibility index (Phi) is 17.4. The molecule has 12 nitrogen and oxygen atoms in total. The first-order valence-corrected chi connectivity index (χ1v) is 27.9. The molecular formula is C52H80N6O6S2. The summed E-state index contributed by atoms with van der Waals surface area (Å²) < 4.78 is 12.6. The molecule has 11 N–H and O–H groups in total. The molecule has 2 aromatic heterocycles. The van der Waals surface area contributed by atoms with E-state index in [1.807, 2.05) is 46.7 Å². The molecule has 4 fully saturated rings. The van der Waals surface area contributed by atoms with E-state index in [-0.39, 0.29) is 25.0 Å². The average Bonchev–Trinajstić information content (AvgIpc) is 4.02. The molecule has 3 heterocycles. The monoisotopic (exact) mass is 949 g/mol. The van der Waals surface area contributed by atoms with Gasteiger partial charge in [-0.25, -0.2) is 0 Å². The van der Waals surface area contributed by atoms with Crippen molar-refractivity contribution in [1.82, 2.24) is 15.6 Å². The Labute approximate surface area is 401 Å². The minimum absolute atomic E-state index is 0.00592. The fraction of sp³-hybridized carbons (Fsp3) is 0.712.